The fourth-order valence-electron chi connectivity index (χ4n) is 1.98. The van der Waals surface area contributed by atoms with Crippen molar-refractivity contribution in [3.8, 4) is 0 Å². The van der Waals surface area contributed by atoms with Crippen LogP contribution in [0.4, 0.5) is 0 Å². The lowest BCUT2D eigenvalue weighted by atomic mass is 10.00. The van der Waals surface area contributed by atoms with Gasteiger partial charge >= 0.3 is 0 Å². The molecule has 5 heteroatoms. The molecule has 2 rings (SSSR count). The molecule has 1 heterocycles. The number of allylic oxidation sites excluding steroid dienone is 1. The summed E-state index contributed by atoms with van der Waals surface area (Å²) in [5, 5.41) is 9.39. The molecule has 0 radical (unpaired) electrons. The number of aliphatic hydroxyl groups is 1. The molecule has 5 nitrogen and oxygen atoms in total. The average Bonchev–Trinajstić information content (AvgIpc) is 2.39. The Morgan fingerprint density at radius 2 is 1.84 bits per heavy atom. The maximum absolute atomic E-state index is 12.2. The maximum Gasteiger partial charge on any atom is 0.267 e. The second kappa shape index (κ2) is 5.06. The summed E-state index contributed by atoms with van der Waals surface area (Å²) in [7, 11) is 0. The van der Waals surface area contributed by atoms with Crippen LogP contribution in [0.5, 0.6) is 0 Å². The van der Waals surface area contributed by atoms with Gasteiger partial charge in [0.05, 0.1) is 0 Å². The summed E-state index contributed by atoms with van der Waals surface area (Å²) in [5.74, 6) is -1.97. The number of amides is 2. The number of benzene rings is 1. The van der Waals surface area contributed by atoms with E-state index < -0.39 is 17.6 Å². The molecule has 1 N–H and O–H groups in total. The van der Waals surface area contributed by atoms with E-state index in [0.717, 1.165) is 4.90 Å². The summed E-state index contributed by atoms with van der Waals surface area (Å²) in [6.07, 6.45) is 0.0392. The molecule has 0 bridgehead atoms. The van der Waals surface area contributed by atoms with Crippen molar-refractivity contribution in [3.05, 3.63) is 47.2 Å². The van der Waals surface area contributed by atoms with Crippen molar-refractivity contribution in [2.45, 2.75) is 13.3 Å². The van der Waals surface area contributed by atoms with Gasteiger partial charge in [0.25, 0.3) is 11.8 Å². The van der Waals surface area contributed by atoms with Gasteiger partial charge in [-0.15, -0.1) is 0 Å². The highest BCUT2D eigenvalue weighted by Crippen LogP contribution is 2.18. The lowest BCUT2D eigenvalue weighted by Gasteiger charge is -2.26. The summed E-state index contributed by atoms with van der Waals surface area (Å²) >= 11 is 0. The predicted molar refractivity (Wildman–Crippen MR) is 67.4 cm³/mol. The van der Waals surface area contributed by atoms with Gasteiger partial charge in [-0.05, 0) is 19.1 Å². The summed E-state index contributed by atoms with van der Waals surface area (Å²) in [4.78, 5) is 36.8. The first-order chi connectivity index (χ1) is 9.02. The molecule has 0 spiro atoms. The van der Waals surface area contributed by atoms with Crippen LogP contribution in [0.2, 0.25) is 0 Å². The Bertz CT molecular complexity index is 570. The molecule has 0 atom stereocenters. The van der Waals surface area contributed by atoms with Gasteiger partial charge in [-0.1, -0.05) is 18.2 Å². The lowest BCUT2D eigenvalue weighted by Crippen LogP contribution is -2.45. The second-order valence-corrected chi connectivity index (χ2v) is 4.26. The summed E-state index contributed by atoms with van der Waals surface area (Å²) < 4.78 is 0. The highest BCUT2D eigenvalue weighted by Gasteiger charge is 2.35. The number of Topliss-reactive ketones (excluding diaryl/α,β-unsaturated/α-hetero) is 1. The van der Waals surface area contributed by atoms with Gasteiger partial charge in [-0.2, -0.15) is 0 Å². The number of imide groups is 1. The van der Waals surface area contributed by atoms with Crippen molar-refractivity contribution in [1.82, 2.24) is 4.90 Å². The molecule has 1 aliphatic heterocycles. The van der Waals surface area contributed by atoms with Gasteiger partial charge in [0.1, 0.15) is 11.3 Å². The van der Waals surface area contributed by atoms with Crippen LogP contribution >= 0.6 is 0 Å². The van der Waals surface area contributed by atoms with Crippen LogP contribution in [0.1, 0.15) is 23.7 Å². The number of hydrogen-bond donors (Lipinski definition) is 1. The molecule has 0 unspecified atom stereocenters. The third kappa shape index (κ3) is 2.40. The predicted octanol–water partition coefficient (Wildman–Crippen LogP) is 1.46. The van der Waals surface area contributed by atoms with Crippen LogP contribution in [0.3, 0.4) is 0 Å². The molecule has 1 saturated heterocycles. The van der Waals surface area contributed by atoms with Crippen molar-refractivity contribution in [3.63, 3.8) is 0 Å². The largest absolute Gasteiger partial charge is 0.512 e. The van der Waals surface area contributed by atoms with Gasteiger partial charge in [0.15, 0.2) is 5.78 Å². The topological polar surface area (TPSA) is 74.7 Å². The highest BCUT2D eigenvalue weighted by atomic mass is 16.3. The fourth-order valence-corrected chi connectivity index (χ4v) is 1.98. The van der Waals surface area contributed by atoms with E-state index in [0.29, 0.717) is 5.56 Å². The van der Waals surface area contributed by atoms with E-state index in [9.17, 15) is 19.5 Å². The molecular weight excluding hydrogens is 246 g/mol. The van der Waals surface area contributed by atoms with Crippen molar-refractivity contribution in [2.24, 2.45) is 0 Å². The number of piperidine rings is 1. The zero-order chi connectivity index (χ0) is 14.0. The van der Waals surface area contributed by atoms with E-state index >= 15 is 0 Å². The molecule has 2 amide bonds. The molecule has 0 aliphatic carbocycles. The first-order valence-corrected chi connectivity index (χ1v) is 5.86. The van der Waals surface area contributed by atoms with Crippen LogP contribution in [0.25, 0.3) is 0 Å². The zero-order valence-corrected chi connectivity index (χ0v) is 10.4. The Labute approximate surface area is 110 Å². The van der Waals surface area contributed by atoms with Gasteiger partial charge in [0, 0.05) is 18.5 Å². The number of carbonyl (C=O) groups is 3. The molecule has 1 aromatic rings. The first-order valence-electron chi connectivity index (χ1n) is 5.86. The van der Waals surface area contributed by atoms with Crippen molar-refractivity contribution in [1.29, 1.82) is 0 Å². The third-order valence-corrected chi connectivity index (χ3v) is 2.93. The van der Waals surface area contributed by atoms with Crippen LogP contribution in [0, 0.1) is 0 Å². The Morgan fingerprint density at radius 1 is 1.21 bits per heavy atom. The van der Waals surface area contributed by atoms with Gasteiger partial charge in [0.2, 0.25) is 0 Å². The number of likely N-dealkylation sites (tertiary alicyclic amines) is 1. The lowest BCUT2D eigenvalue weighted by molar-refractivity contribution is -0.131. The van der Waals surface area contributed by atoms with Gasteiger partial charge < -0.3 is 5.11 Å². The maximum atomic E-state index is 12.2. The number of aliphatic hydroxyl groups excluding tert-OH is 1. The molecule has 0 saturated carbocycles. The first kappa shape index (κ1) is 13.0. The minimum absolute atomic E-state index is 0.0392. The SMILES string of the molecule is C/C(O)=C1\C(=O)CCN(C(=O)c2ccccc2)C1=O. The van der Waals surface area contributed by atoms with Crippen LogP contribution < -0.4 is 0 Å². The van der Waals surface area contributed by atoms with E-state index in [1.807, 2.05) is 0 Å². The molecular formula is C14H13NO4. The normalized spacial score (nSPS) is 18.5. The number of rotatable bonds is 1. The van der Waals surface area contributed by atoms with Gasteiger partial charge in [-0.25, -0.2) is 0 Å². The number of nitrogens with zero attached hydrogens (tertiary/aromatic N) is 1. The number of carbonyl (C=O) groups excluding carboxylic acids is 3. The second-order valence-electron chi connectivity index (χ2n) is 4.26. The standard InChI is InChI=1S/C14H13NO4/c1-9(16)12-11(17)7-8-15(14(12)19)13(18)10-5-3-2-4-6-10/h2-6,16H,7-8H2,1H3/b12-9-. The molecule has 1 aliphatic rings. The number of hydrogen-bond acceptors (Lipinski definition) is 4. The molecule has 1 fully saturated rings. The Morgan fingerprint density at radius 3 is 2.42 bits per heavy atom. The third-order valence-electron chi connectivity index (χ3n) is 2.93. The van der Waals surface area contributed by atoms with E-state index in [1.165, 1.54) is 6.92 Å². The van der Waals surface area contributed by atoms with Crippen LogP contribution in [-0.2, 0) is 9.59 Å². The van der Waals surface area contributed by atoms with E-state index in [4.69, 9.17) is 0 Å². The molecule has 1 aromatic carbocycles. The molecule has 0 aromatic heterocycles. The van der Waals surface area contributed by atoms with Crippen LogP contribution in [-0.4, -0.2) is 34.1 Å². The minimum Gasteiger partial charge on any atom is -0.512 e. The quantitative estimate of drug-likeness (QED) is 0.358. The highest BCUT2D eigenvalue weighted by molar-refractivity contribution is 6.25. The molecule has 98 valence electrons. The van der Waals surface area contributed by atoms with Gasteiger partial charge in [-0.3, -0.25) is 19.3 Å². The van der Waals surface area contributed by atoms with Crippen molar-refractivity contribution >= 4 is 17.6 Å². The van der Waals surface area contributed by atoms with E-state index in [1.54, 1.807) is 30.3 Å². The summed E-state index contributed by atoms with van der Waals surface area (Å²) in [5.41, 5.74) is 0.0793. The summed E-state index contributed by atoms with van der Waals surface area (Å²) in [6, 6.07) is 8.35. The zero-order valence-electron chi connectivity index (χ0n) is 10.4. The monoisotopic (exact) mass is 259 g/mol. The Kier molecular flexibility index (Phi) is 3.46. The van der Waals surface area contributed by atoms with E-state index in [2.05, 4.69) is 0 Å². The van der Waals surface area contributed by atoms with Crippen molar-refractivity contribution in [2.75, 3.05) is 6.54 Å². The minimum atomic E-state index is -0.731. The fraction of sp³-hybridized carbons (Fsp3) is 0.214. The summed E-state index contributed by atoms with van der Waals surface area (Å²) in [6.45, 7) is 1.31. The molecule has 19 heavy (non-hydrogen) atoms. The van der Waals surface area contributed by atoms with Crippen LogP contribution in [0.15, 0.2) is 41.7 Å². The Balaban J connectivity index is 2.32. The average molecular weight is 259 g/mol. The van der Waals surface area contributed by atoms with E-state index in [-0.39, 0.29) is 24.3 Å². The Hall–Kier alpha value is -2.43. The number of ketones is 1. The van der Waals surface area contributed by atoms with Crippen molar-refractivity contribution < 1.29 is 19.5 Å². The smallest absolute Gasteiger partial charge is 0.267 e.